The summed E-state index contributed by atoms with van der Waals surface area (Å²) in [5, 5.41) is 6.10. The molecule has 0 saturated heterocycles. The summed E-state index contributed by atoms with van der Waals surface area (Å²) in [5.74, 6) is 1.46. The van der Waals surface area contributed by atoms with E-state index in [4.69, 9.17) is 0 Å². The van der Waals surface area contributed by atoms with Gasteiger partial charge < -0.3 is 10.6 Å². The number of rotatable bonds is 10. The van der Waals surface area contributed by atoms with Gasteiger partial charge in [-0.15, -0.1) is 0 Å². The van der Waals surface area contributed by atoms with Crippen molar-refractivity contribution >= 4 is 35.0 Å². The average Bonchev–Trinajstić information content (AvgIpc) is 2.70. The Bertz CT molecular complexity index is 779. The van der Waals surface area contributed by atoms with Gasteiger partial charge in [-0.05, 0) is 48.9 Å². The number of carbonyl (C=O) groups is 2. The molecule has 0 unspecified atom stereocenters. The topological polar surface area (TPSA) is 58.2 Å². The zero-order valence-electron chi connectivity index (χ0n) is 17.9. The number of para-hydroxylation sites is 2. The minimum Gasteiger partial charge on any atom is -0.326 e. The molecule has 2 N–H and O–H groups in total. The van der Waals surface area contributed by atoms with Crippen LogP contribution in [0, 0.1) is 13.8 Å². The molecule has 0 aliphatic carbocycles. The van der Waals surface area contributed by atoms with E-state index in [1.807, 2.05) is 50.2 Å². The molecular weight excluding hydrogens is 380 g/mol. The second-order valence-electron chi connectivity index (χ2n) is 7.13. The Morgan fingerprint density at radius 1 is 0.759 bits per heavy atom. The predicted octanol–water partition coefficient (Wildman–Crippen LogP) is 5.52. The van der Waals surface area contributed by atoms with Gasteiger partial charge >= 0.3 is 0 Å². The van der Waals surface area contributed by atoms with Crippen LogP contribution in [0.25, 0.3) is 0 Å². The van der Waals surface area contributed by atoms with Gasteiger partial charge in [0.2, 0.25) is 11.8 Å². The standard InChI is InChI=1S/C24H32N2O2S/c1-5-19-11-7-9-17(3)23(19)25-21(27)13-15-29-16-14-22(28)26-24-18(4)10-8-12-20(24)6-2/h7-12H,5-6,13-16H2,1-4H3,(H,25,27)(H,26,28). The number of aryl methyl sites for hydroxylation is 4. The molecule has 156 valence electrons. The molecule has 0 spiro atoms. The Balaban J connectivity index is 1.72. The lowest BCUT2D eigenvalue weighted by molar-refractivity contribution is -0.116. The third kappa shape index (κ3) is 6.93. The number of hydrogen-bond acceptors (Lipinski definition) is 3. The summed E-state index contributed by atoms with van der Waals surface area (Å²) in [6.07, 6.45) is 2.67. The second-order valence-corrected chi connectivity index (χ2v) is 8.36. The quantitative estimate of drug-likeness (QED) is 0.505. The van der Waals surface area contributed by atoms with Crippen LogP contribution in [0.1, 0.15) is 48.9 Å². The third-order valence-corrected chi connectivity index (χ3v) is 5.94. The van der Waals surface area contributed by atoms with Crippen LogP contribution in [-0.2, 0) is 22.4 Å². The van der Waals surface area contributed by atoms with Crippen molar-refractivity contribution < 1.29 is 9.59 Å². The molecule has 2 amide bonds. The van der Waals surface area contributed by atoms with Gasteiger partial charge in [-0.1, -0.05) is 50.2 Å². The van der Waals surface area contributed by atoms with Gasteiger partial charge in [-0.2, -0.15) is 11.8 Å². The summed E-state index contributed by atoms with van der Waals surface area (Å²) in [7, 11) is 0. The third-order valence-electron chi connectivity index (χ3n) is 4.96. The van der Waals surface area contributed by atoms with Crippen molar-refractivity contribution in [2.45, 2.75) is 53.4 Å². The van der Waals surface area contributed by atoms with Crippen LogP contribution in [-0.4, -0.2) is 23.3 Å². The first-order valence-electron chi connectivity index (χ1n) is 10.3. The summed E-state index contributed by atoms with van der Waals surface area (Å²) >= 11 is 1.64. The van der Waals surface area contributed by atoms with Crippen LogP contribution < -0.4 is 10.6 Å². The molecule has 0 atom stereocenters. The van der Waals surface area contributed by atoms with Crippen LogP contribution in [0.2, 0.25) is 0 Å². The molecule has 0 aromatic heterocycles. The summed E-state index contributed by atoms with van der Waals surface area (Å²) in [6, 6.07) is 12.2. The molecule has 0 heterocycles. The number of nitrogens with one attached hydrogen (secondary N) is 2. The molecule has 0 saturated carbocycles. The highest BCUT2D eigenvalue weighted by molar-refractivity contribution is 7.99. The predicted molar refractivity (Wildman–Crippen MR) is 125 cm³/mol. The van der Waals surface area contributed by atoms with Crippen molar-refractivity contribution in [3.63, 3.8) is 0 Å². The zero-order valence-corrected chi connectivity index (χ0v) is 18.7. The largest absolute Gasteiger partial charge is 0.326 e. The summed E-state index contributed by atoms with van der Waals surface area (Å²) < 4.78 is 0. The summed E-state index contributed by atoms with van der Waals surface area (Å²) in [4.78, 5) is 24.6. The van der Waals surface area contributed by atoms with Gasteiger partial charge in [0.15, 0.2) is 0 Å². The van der Waals surface area contributed by atoms with E-state index < -0.39 is 0 Å². The van der Waals surface area contributed by atoms with Gasteiger partial charge in [0.05, 0.1) is 0 Å². The molecule has 2 rings (SSSR count). The summed E-state index contributed by atoms with van der Waals surface area (Å²) in [6.45, 7) is 8.21. The van der Waals surface area contributed by atoms with Gasteiger partial charge in [-0.3, -0.25) is 9.59 Å². The van der Waals surface area contributed by atoms with Gasteiger partial charge in [0.25, 0.3) is 0 Å². The van der Waals surface area contributed by atoms with Crippen molar-refractivity contribution in [1.82, 2.24) is 0 Å². The van der Waals surface area contributed by atoms with Gasteiger partial charge in [0.1, 0.15) is 0 Å². The van der Waals surface area contributed by atoms with Crippen LogP contribution in [0.3, 0.4) is 0 Å². The lowest BCUT2D eigenvalue weighted by Crippen LogP contribution is -2.16. The minimum absolute atomic E-state index is 0.0263. The maximum absolute atomic E-state index is 12.3. The minimum atomic E-state index is 0.0263. The lowest BCUT2D eigenvalue weighted by atomic mass is 10.1. The molecule has 5 heteroatoms. The zero-order chi connectivity index (χ0) is 21.2. The van der Waals surface area contributed by atoms with Crippen LogP contribution in [0.5, 0.6) is 0 Å². The first-order chi connectivity index (χ1) is 14.0. The lowest BCUT2D eigenvalue weighted by Gasteiger charge is -2.13. The van der Waals surface area contributed by atoms with Crippen molar-refractivity contribution in [3.05, 3.63) is 58.7 Å². The highest BCUT2D eigenvalue weighted by atomic mass is 32.2. The molecule has 0 radical (unpaired) electrons. The molecule has 0 aliphatic rings. The molecule has 0 aliphatic heterocycles. The molecule has 2 aromatic carbocycles. The SMILES string of the molecule is CCc1cccc(C)c1NC(=O)CCSCCC(=O)Nc1c(C)cccc1CC. The van der Waals surface area contributed by atoms with E-state index in [2.05, 4.69) is 24.5 Å². The Labute approximate surface area is 178 Å². The Kier molecular flexibility index (Phi) is 9.26. The maximum Gasteiger partial charge on any atom is 0.225 e. The fourth-order valence-corrected chi connectivity index (χ4v) is 4.10. The number of hydrogen-bond donors (Lipinski definition) is 2. The number of carbonyl (C=O) groups excluding carboxylic acids is 2. The van der Waals surface area contributed by atoms with Gasteiger partial charge in [0, 0.05) is 35.7 Å². The fraction of sp³-hybridized carbons (Fsp3) is 0.417. The Morgan fingerprint density at radius 3 is 1.55 bits per heavy atom. The van der Waals surface area contributed by atoms with E-state index in [-0.39, 0.29) is 11.8 Å². The number of thioether (sulfide) groups is 1. The van der Waals surface area contributed by atoms with Crippen LogP contribution >= 0.6 is 11.8 Å². The highest BCUT2D eigenvalue weighted by Gasteiger charge is 2.10. The van der Waals surface area contributed by atoms with E-state index in [1.54, 1.807) is 11.8 Å². The molecule has 4 nitrogen and oxygen atoms in total. The van der Waals surface area contributed by atoms with Crippen molar-refractivity contribution in [3.8, 4) is 0 Å². The number of amides is 2. The Morgan fingerprint density at radius 2 is 1.17 bits per heavy atom. The maximum atomic E-state index is 12.3. The average molecular weight is 413 g/mol. The van der Waals surface area contributed by atoms with E-state index >= 15 is 0 Å². The van der Waals surface area contributed by atoms with Crippen molar-refractivity contribution in [2.24, 2.45) is 0 Å². The van der Waals surface area contributed by atoms with Crippen LogP contribution in [0.4, 0.5) is 11.4 Å². The van der Waals surface area contributed by atoms with E-state index in [1.165, 1.54) is 0 Å². The first-order valence-corrected chi connectivity index (χ1v) is 11.5. The highest BCUT2D eigenvalue weighted by Crippen LogP contribution is 2.22. The molecule has 0 fully saturated rings. The van der Waals surface area contributed by atoms with Gasteiger partial charge in [-0.25, -0.2) is 0 Å². The smallest absolute Gasteiger partial charge is 0.225 e. The fourth-order valence-electron chi connectivity index (χ4n) is 3.24. The summed E-state index contributed by atoms with van der Waals surface area (Å²) in [5.41, 5.74) is 6.37. The monoisotopic (exact) mass is 412 g/mol. The number of anilines is 2. The second kappa shape index (κ2) is 11.7. The van der Waals surface area contributed by atoms with E-state index in [9.17, 15) is 9.59 Å². The van der Waals surface area contributed by atoms with Crippen molar-refractivity contribution in [2.75, 3.05) is 22.1 Å². The number of benzene rings is 2. The Hall–Kier alpha value is -2.27. The molecule has 0 bridgehead atoms. The molecular formula is C24H32N2O2S. The van der Waals surface area contributed by atoms with E-state index in [0.717, 1.165) is 46.5 Å². The van der Waals surface area contributed by atoms with Crippen molar-refractivity contribution in [1.29, 1.82) is 0 Å². The van der Waals surface area contributed by atoms with E-state index in [0.29, 0.717) is 24.3 Å². The first kappa shape index (κ1) is 23.0. The molecule has 2 aromatic rings. The van der Waals surface area contributed by atoms with Crippen LogP contribution in [0.15, 0.2) is 36.4 Å². The normalized spacial score (nSPS) is 10.6. The molecule has 29 heavy (non-hydrogen) atoms.